The minimum atomic E-state index is -4.50. The van der Waals surface area contributed by atoms with Gasteiger partial charge in [-0.25, -0.2) is 4.98 Å². The van der Waals surface area contributed by atoms with E-state index in [9.17, 15) is 13.2 Å². The predicted molar refractivity (Wildman–Crippen MR) is 62.1 cm³/mol. The van der Waals surface area contributed by atoms with Crippen LogP contribution in [0.3, 0.4) is 0 Å². The SMILES string of the molecule is CCOc1nc(Cl)nc(-c2cnc(C(F)(F)F)s2)n1. The topological polar surface area (TPSA) is 60.8 Å². The van der Waals surface area contributed by atoms with Crippen molar-refractivity contribution in [2.24, 2.45) is 0 Å². The van der Waals surface area contributed by atoms with Gasteiger partial charge in [0.1, 0.15) is 0 Å². The molecule has 2 aromatic heterocycles. The van der Waals surface area contributed by atoms with Crippen LogP contribution < -0.4 is 4.74 Å². The quantitative estimate of drug-likeness (QED) is 0.872. The molecule has 2 aromatic rings. The highest BCUT2D eigenvalue weighted by Crippen LogP contribution is 2.35. The van der Waals surface area contributed by atoms with Gasteiger partial charge in [-0.15, -0.1) is 11.3 Å². The first kappa shape index (κ1) is 13.9. The Morgan fingerprint density at radius 1 is 1.32 bits per heavy atom. The number of hydrogen-bond acceptors (Lipinski definition) is 6. The molecular weight excluding hydrogens is 305 g/mol. The van der Waals surface area contributed by atoms with Gasteiger partial charge < -0.3 is 4.74 Å². The van der Waals surface area contributed by atoms with Crippen LogP contribution in [0.15, 0.2) is 6.20 Å². The van der Waals surface area contributed by atoms with Crippen LogP contribution in [0.4, 0.5) is 13.2 Å². The molecule has 0 saturated carbocycles. The lowest BCUT2D eigenvalue weighted by atomic mass is 10.5. The molecule has 0 aliphatic carbocycles. The number of hydrogen-bond donors (Lipinski definition) is 0. The molecule has 0 unspecified atom stereocenters. The molecule has 0 aliphatic rings. The third kappa shape index (κ3) is 3.29. The molecule has 0 aliphatic heterocycles. The molecule has 2 heterocycles. The molecule has 0 radical (unpaired) electrons. The van der Waals surface area contributed by atoms with E-state index in [0.29, 0.717) is 17.9 Å². The van der Waals surface area contributed by atoms with Crippen molar-refractivity contribution in [3.63, 3.8) is 0 Å². The minimum absolute atomic E-state index is 0.00329. The Morgan fingerprint density at radius 2 is 2.05 bits per heavy atom. The van der Waals surface area contributed by atoms with Gasteiger partial charge in [0.15, 0.2) is 10.8 Å². The highest BCUT2D eigenvalue weighted by Gasteiger charge is 2.35. The second kappa shape index (κ2) is 5.25. The second-order valence-corrected chi connectivity index (χ2v) is 4.54. The van der Waals surface area contributed by atoms with Crippen LogP contribution in [0.5, 0.6) is 6.01 Å². The highest BCUT2D eigenvalue weighted by molar-refractivity contribution is 7.15. The summed E-state index contributed by atoms with van der Waals surface area (Å²) in [5, 5.41) is -1.13. The minimum Gasteiger partial charge on any atom is -0.464 e. The van der Waals surface area contributed by atoms with Gasteiger partial charge in [0.05, 0.1) is 11.5 Å². The zero-order valence-corrected chi connectivity index (χ0v) is 11.0. The van der Waals surface area contributed by atoms with Gasteiger partial charge in [-0.05, 0) is 18.5 Å². The van der Waals surface area contributed by atoms with E-state index in [4.69, 9.17) is 16.3 Å². The standard InChI is InChI=1S/C9H6ClF3N4OS/c1-2-18-8-16-5(15-7(10)17-8)4-3-14-6(19-4)9(11,12)13/h3H,2H2,1H3. The Kier molecular flexibility index (Phi) is 3.85. The van der Waals surface area contributed by atoms with Crippen molar-refractivity contribution in [2.45, 2.75) is 13.1 Å². The fourth-order valence-electron chi connectivity index (χ4n) is 1.14. The zero-order valence-electron chi connectivity index (χ0n) is 9.40. The summed E-state index contributed by atoms with van der Waals surface area (Å²) in [6.07, 6.45) is -3.46. The lowest BCUT2D eigenvalue weighted by Crippen LogP contribution is -2.02. The molecule has 0 bridgehead atoms. The lowest BCUT2D eigenvalue weighted by Gasteiger charge is -2.02. The van der Waals surface area contributed by atoms with Crippen molar-refractivity contribution in [1.29, 1.82) is 0 Å². The Morgan fingerprint density at radius 3 is 2.63 bits per heavy atom. The van der Waals surface area contributed by atoms with E-state index in [1.54, 1.807) is 6.92 Å². The van der Waals surface area contributed by atoms with Gasteiger partial charge >= 0.3 is 12.2 Å². The van der Waals surface area contributed by atoms with Gasteiger partial charge in [-0.2, -0.15) is 28.1 Å². The monoisotopic (exact) mass is 310 g/mol. The Hall–Kier alpha value is -1.48. The van der Waals surface area contributed by atoms with Crippen molar-refractivity contribution in [1.82, 2.24) is 19.9 Å². The van der Waals surface area contributed by atoms with E-state index >= 15 is 0 Å². The number of aromatic nitrogens is 4. The molecule has 2 rings (SSSR count). The smallest absolute Gasteiger partial charge is 0.443 e. The number of thiazole rings is 1. The maximum Gasteiger partial charge on any atom is 0.443 e. The first-order valence-electron chi connectivity index (χ1n) is 4.98. The molecule has 0 atom stereocenters. The summed E-state index contributed by atoms with van der Waals surface area (Å²) in [5.41, 5.74) is 0. The van der Waals surface area contributed by atoms with E-state index in [0.717, 1.165) is 6.20 Å². The van der Waals surface area contributed by atoms with Crippen LogP contribution in [0, 0.1) is 0 Å². The molecule has 0 spiro atoms. The van der Waals surface area contributed by atoms with Gasteiger partial charge in [0, 0.05) is 6.20 Å². The number of ether oxygens (including phenoxy) is 1. The second-order valence-electron chi connectivity index (χ2n) is 3.17. The van der Waals surface area contributed by atoms with Gasteiger partial charge in [0.25, 0.3) is 0 Å². The molecule has 102 valence electrons. The fraction of sp³-hybridized carbons (Fsp3) is 0.333. The zero-order chi connectivity index (χ0) is 14.0. The molecule has 0 amide bonds. The van der Waals surface area contributed by atoms with Crippen LogP contribution >= 0.6 is 22.9 Å². The first-order valence-corrected chi connectivity index (χ1v) is 6.17. The maximum absolute atomic E-state index is 12.4. The largest absolute Gasteiger partial charge is 0.464 e. The van der Waals surface area contributed by atoms with Crippen LogP contribution in [-0.2, 0) is 6.18 Å². The summed E-state index contributed by atoms with van der Waals surface area (Å²) in [6, 6.07) is -0.0422. The molecule has 0 fully saturated rings. The van der Waals surface area contributed by atoms with Crippen LogP contribution in [0.25, 0.3) is 10.7 Å². The molecule has 10 heteroatoms. The van der Waals surface area contributed by atoms with Crippen molar-refractivity contribution in [2.75, 3.05) is 6.61 Å². The van der Waals surface area contributed by atoms with Gasteiger partial charge in [-0.1, -0.05) is 0 Å². The lowest BCUT2D eigenvalue weighted by molar-refractivity contribution is -0.137. The van der Waals surface area contributed by atoms with Crippen molar-refractivity contribution in [3.05, 3.63) is 16.5 Å². The van der Waals surface area contributed by atoms with Crippen molar-refractivity contribution in [3.8, 4) is 16.7 Å². The molecule has 19 heavy (non-hydrogen) atoms. The van der Waals surface area contributed by atoms with Crippen LogP contribution in [-0.4, -0.2) is 26.5 Å². The van der Waals surface area contributed by atoms with E-state index < -0.39 is 11.2 Å². The van der Waals surface area contributed by atoms with E-state index in [2.05, 4.69) is 19.9 Å². The van der Waals surface area contributed by atoms with E-state index in [1.165, 1.54) is 0 Å². The third-order valence-electron chi connectivity index (χ3n) is 1.83. The van der Waals surface area contributed by atoms with Crippen LogP contribution in [0.2, 0.25) is 5.28 Å². The highest BCUT2D eigenvalue weighted by atomic mass is 35.5. The molecule has 5 nitrogen and oxygen atoms in total. The fourth-order valence-corrected chi connectivity index (χ4v) is 2.01. The van der Waals surface area contributed by atoms with Gasteiger partial charge in [0.2, 0.25) is 5.28 Å². The number of alkyl halides is 3. The summed E-state index contributed by atoms with van der Waals surface area (Å²) in [4.78, 5) is 14.7. The number of rotatable bonds is 3. The molecule has 0 N–H and O–H groups in total. The number of halogens is 4. The molecule has 0 aromatic carbocycles. The van der Waals surface area contributed by atoms with E-state index in [-0.39, 0.29) is 22.0 Å². The van der Waals surface area contributed by atoms with Crippen LogP contribution in [0.1, 0.15) is 11.9 Å². The summed E-state index contributed by atoms with van der Waals surface area (Å²) in [6.45, 7) is 2.02. The van der Waals surface area contributed by atoms with E-state index in [1.807, 2.05) is 0 Å². The third-order valence-corrected chi connectivity index (χ3v) is 3.04. The number of nitrogens with zero attached hydrogens (tertiary/aromatic N) is 4. The van der Waals surface area contributed by atoms with Gasteiger partial charge in [-0.3, -0.25) is 0 Å². The van der Waals surface area contributed by atoms with Crippen molar-refractivity contribution < 1.29 is 17.9 Å². The first-order chi connectivity index (χ1) is 8.90. The van der Waals surface area contributed by atoms with Crippen molar-refractivity contribution >= 4 is 22.9 Å². The normalized spacial score (nSPS) is 11.6. The summed E-state index contributed by atoms with van der Waals surface area (Å²) < 4.78 is 42.4. The molecule has 0 saturated heterocycles. The average molecular weight is 311 g/mol. The Bertz CT molecular complexity index is 589. The molecular formula is C9H6ClF3N4OS. The summed E-state index contributed by atoms with van der Waals surface area (Å²) in [5.74, 6) is -0.00329. The Labute approximate surface area is 114 Å². The summed E-state index contributed by atoms with van der Waals surface area (Å²) >= 11 is 6.08. The predicted octanol–water partition coefficient (Wildman–Crippen LogP) is 3.07. The Balaban J connectivity index is 2.38. The summed E-state index contributed by atoms with van der Waals surface area (Å²) in [7, 11) is 0. The average Bonchev–Trinajstić information content (AvgIpc) is 2.77. The maximum atomic E-state index is 12.4.